The summed E-state index contributed by atoms with van der Waals surface area (Å²) < 4.78 is 11.9. The summed E-state index contributed by atoms with van der Waals surface area (Å²) in [5.41, 5.74) is 0.979. The number of aliphatic hydroxyl groups is 1. The van der Waals surface area contributed by atoms with Crippen molar-refractivity contribution in [3.63, 3.8) is 0 Å². The highest BCUT2D eigenvalue weighted by molar-refractivity contribution is 5.76. The van der Waals surface area contributed by atoms with Crippen LogP contribution in [0.3, 0.4) is 0 Å². The summed E-state index contributed by atoms with van der Waals surface area (Å²) in [4.78, 5) is 12.8. The summed E-state index contributed by atoms with van der Waals surface area (Å²) in [6.07, 6.45) is 10.5. The molecule has 0 aromatic heterocycles. The number of allylic oxidation sites excluding steroid dienone is 2. The van der Waals surface area contributed by atoms with Gasteiger partial charge in [-0.2, -0.15) is 0 Å². The largest absolute Gasteiger partial charge is 0.481 e. The SMILES string of the molecule is CC1(C)CC[C@]2(C(=O)O)CC[C@]3(C)C(=CC[C@@H]4[C@@]5(C)C[C@@H](O)[C@@H]6OCOC[C@@]6(C)[C@@H]5CC[C@]43C)[C@@H]2C1. The molecule has 2 N–H and O–H groups in total. The van der Waals surface area contributed by atoms with Gasteiger partial charge in [-0.25, -0.2) is 0 Å². The van der Waals surface area contributed by atoms with Crippen molar-refractivity contribution in [2.24, 2.45) is 50.2 Å². The van der Waals surface area contributed by atoms with Gasteiger partial charge in [-0.15, -0.1) is 0 Å². The van der Waals surface area contributed by atoms with Crippen molar-refractivity contribution in [1.29, 1.82) is 0 Å². The Morgan fingerprint density at radius 1 is 0.944 bits per heavy atom. The summed E-state index contributed by atoms with van der Waals surface area (Å²) in [5, 5.41) is 21.9. The molecule has 6 aliphatic rings. The minimum Gasteiger partial charge on any atom is -0.481 e. The van der Waals surface area contributed by atoms with Crippen LogP contribution in [-0.2, 0) is 14.3 Å². The second-order valence-electron chi connectivity index (χ2n) is 15.5. The molecule has 1 heterocycles. The molecular weight excluding hydrogens is 452 g/mol. The zero-order valence-electron chi connectivity index (χ0n) is 23.4. The molecule has 10 atom stereocenters. The van der Waals surface area contributed by atoms with E-state index in [0.717, 1.165) is 57.8 Å². The van der Waals surface area contributed by atoms with E-state index in [1.165, 1.54) is 5.57 Å². The number of hydrogen-bond donors (Lipinski definition) is 2. The number of aliphatic hydroxyl groups excluding tert-OH is 1. The lowest BCUT2D eigenvalue weighted by Gasteiger charge is -2.72. The number of hydrogen-bond acceptors (Lipinski definition) is 4. The van der Waals surface area contributed by atoms with Crippen molar-refractivity contribution in [3.8, 4) is 0 Å². The van der Waals surface area contributed by atoms with Crippen LogP contribution in [0.1, 0.15) is 99.3 Å². The number of ether oxygens (including phenoxy) is 2. The highest BCUT2D eigenvalue weighted by atomic mass is 16.7. The van der Waals surface area contributed by atoms with Crippen molar-refractivity contribution >= 4 is 5.97 Å². The number of rotatable bonds is 1. The van der Waals surface area contributed by atoms with E-state index < -0.39 is 17.5 Å². The maximum absolute atomic E-state index is 12.8. The maximum Gasteiger partial charge on any atom is 0.310 e. The number of fused-ring (bicyclic) bond motifs is 9. The number of carbonyl (C=O) groups is 1. The Hall–Kier alpha value is -0.910. The standard InChI is InChI=1S/C31H48O5/c1-26(2)11-13-31(25(33)34)14-12-29(5)19(20(31)15-26)7-8-23-27(3)16-21(32)24-28(4,17-35-18-36-24)22(27)9-10-30(23,29)6/h7,20-24,32H,8-18H2,1-6H3,(H,33,34)/t20-,21+,22+,23+,24-,27-,28-,29+,30+,31-/m0/s1. The molecule has 0 amide bonds. The van der Waals surface area contributed by atoms with Crippen LogP contribution in [0.4, 0.5) is 0 Å². The fraction of sp³-hybridized carbons (Fsp3) is 0.903. The van der Waals surface area contributed by atoms with Gasteiger partial charge < -0.3 is 19.7 Å². The van der Waals surface area contributed by atoms with E-state index >= 15 is 0 Å². The third-order valence-corrected chi connectivity index (χ3v) is 13.5. The molecular formula is C31H48O5. The van der Waals surface area contributed by atoms with Gasteiger partial charge in [0, 0.05) is 5.41 Å². The van der Waals surface area contributed by atoms with Crippen LogP contribution in [-0.4, -0.2) is 41.8 Å². The van der Waals surface area contributed by atoms with Crippen molar-refractivity contribution in [3.05, 3.63) is 11.6 Å². The van der Waals surface area contributed by atoms with Gasteiger partial charge in [0.05, 0.1) is 24.2 Å². The molecule has 1 saturated heterocycles. The van der Waals surface area contributed by atoms with Gasteiger partial charge in [-0.1, -0.05) is 53.2 Å². The summed E-state index contributed by atoms with van der Waals surface area (Å²) in [7, 11) is 0. The molecule has 0 aromatic rings. The van der Waals surface area contributed by atoms with Crippen molar-refractivity contribution in [2.75, 3.05) is 13.4 Å². The summed E-state index contributed by atoms with van der Waals surface area (Å²) in [6, 6.07) is 0. The molecule has 0 bridgehead atoms. The smallest absolute Gasteiger partial charge is 0.310 e. The fourth-order valence-corrected chi connectivity index (χ4v) is 11.4. The molecule has 5 heteroatoms. The highest BCUT2D eigenvalue weighted by Crippen LogP contribution is 2.76. The average Bonchev–Trinajstić information content (AvgIpc) is 2.78. The van der Waals surface area contributed by atoms with Gasteiger partial charge in [0.2, 0.25) is 0 Å². The lowest BCUT2D eigenvalue weighted by Crippen LogP contribution is -2.69. The topological polar surface area (TPSA) is 76.0 Å². The molecule has 4 saturated carbocycles. The quantitative estimate of drug-likeness (QED) is 0.420. The van der Waals surface area contributed by atoms with Gasteiger partial charge in [0.25, 0.3) is 0 Å². The summed E-state index contributed by atoms with van der Waals surface area (Å²) >= 11 is 0. The van der Waals surface area contributed by atoms with Crippen LogP contribution in [0.25, 0.3) is 0 Å². The normalized spacial score (nSPS) is 55.6. The van der Waals surface area contributed by atoms with Crippen molar-refractivity contribution < 1.29 is 24.5 Å². The highest BCUT2D eigenvalue weighted by Gasteiger charge is 2.71. The van der Waals surface area contributed by atoms with E-state index in [2.05, 4.69) is 47.6 Å². The van der Waals surface area contributed by atoms with Crippen LogP contribution in [0.2, 0.25) is 0 Å². The Morgan fingerprint density at radius 2 is 1.67 bits per heavy atom. The maximum atomic E-state index is 12.8. The average molecular weight is 501 g/mol. The van der Waals surface area contributed by atoms with Crippen LogP contribution in [0.15, 0.2) is 11.6 Å². The molecule has 0 unspecified atom stereocenters. The third kappa shape index (κ3) is 2.97. The Kier molecular flexibility index (Phi) is 5.36. The number of carboxylic acid groups (broad SMARTS) is 1. The Labute approximate surface area is 217 Å². The zero-order valence-corrected chi connectivity index (χ0v) is 23.4. The molecule has 5 nitrogen and oxygen atoms in total. The van der Waals surface area contributed by atoms with Crippen LogP contribution in [0.5, 0.6) is 0 Å². The van der Waals surface area contributed by atoms with Crippen LogP contribution >= 0.6 is 0 Å². The van der Waals surface area contributed by atoms with E-state index in [1.54, 1.807) is 0 Å². The lowest BCUT2D eigenvalue weighted by molar-refractivity contribution is -0.305. The van der Waals surface area contributed by atoms with E-state index in [0.29, 0.717) is 18.4 Å². The fourth-order valence-electron chi connectivity index (χ4n) is 11.4. The molecule has 5 aliphatic carbocycles. The first-order valence-corrected chi connectivity index (χ1v) is 14.6. The van der Waals surface area contributed by atoms with Gasteiger partial charge in [0.15, 0.2) is 0 Å². The molecule has 1 aliphatic heterocycles. The predicted molar refractivity (Wildman–Crippen MR) is 138 cm³/mol. The Bertz CT molecular complexity index is 987. The van der Waals surface area contributed by atoms with Gasteiger partial charge >= 0.3 is 5.97 Å². The van der Waals surface area contributed by atoms with Gasteiger partial charge in [-0.3, -0.25) is 4.79 Å². The second-order valence-corrected chi connectivity index (χ2v) is 15.5. The Morgan fingerprint density at radius 3 is 2.39 bits per heavy atom. The molecule has 36 heavy (non-hydrogen) atoms. The van der Waals surface area contributed by atoms with Crippen molar-refractivity contribution in [2.45, 2.75) is 112 Å². The van der Waals surface area contributed by atoms with E-state index in [1.807, 2.05) is 0 Å². The first-order chi connectivity index (χ1) is 16.7. The Balaban J connectivity index is 1.43. The van der Waals surface area contributed by atoms with E-state index in [4.69, 9.17) is 9.47 Å². The molecule has 0 radical (unpaired) electrons. The first-order valence-electron chi connectivity index (χ1n) is 14.6. The van der Waals surface area contributed by atoms with Gasteiger partial charge in [-0.05, 0) is 97.2 Å². The predicted octanol–water partition coefficient (Wildman–Crippen LogP) is 6.20. The molecule has 6 rings (SSSR count). The zero-order chi connectivity index (χ0) is 25.9. The first kappa shape index (κ1) is 25.4. The molecule has 5 fully saturated rings. The lowest BCUT2D eigenvalue weighted by atomic mass is 9.33. The molecule has 202 valence electrons. The molecule has 0 aromatic carbocycles. The minimum atomic E-state index is -0.594. The summed E-state index contributed by atoms with van der Waals surface area (Å²) in [6.45, 7) is 15.4. The second kappa shape index (κ2) is 7.60. The monoisotopic (exact) mass is 500 g/mol. The van der Waals surface area contributed by atoms with Crippen LogP contribution < -0.4 is 0 Å². The third-order valence-electron chi connectivity index (χ3n) is 13.5. The number of carboxylic acids is 1. The van der Waals surface area contributed by atoms with Gasteiger partial charge in [0.1, 0.15) is 6.79 Å². The molecule has 0 spiro atoms. The van der Waals surface area contributed by atoms with E-state index in [9.17, 15) is 15.0 Å². The minimum absolute atomic E-state index is 0.0000635. The number of aliphatic carboxylic acids is 1. The van der Waals surface area contributed by atoms with E-state index in [-0.39, 0.29) is 45.9 Å². The van der Waals surface area contributed by atoms with Crippen LogP contribution in [0, 0.1) is 50.2 Å². The summed E-state index contributed by atoms with van der Waals surface area (Å²) in [5.74, 6) is 0.478. The van der Waals surface area contributed by atoms with Crippen molar-refractivity contribution in [1.82, 2.24) is 0 Å².